The lowest BCUT2D eigenvalue weighted by molar-refractivity contribution is 0.350. The normalized spacial score (nSPS) is 10.2. The van der Waals surface area contributed by atoms with Crippen molar-refractivity contribution in [1.29, 1.82) is 0 Å². The Morgan fingerprint density at radius 2 is 2.05 bits per heavy atom. The molecule has 0 saturated heterocycles. The molecule has 2 aromatic rings. The van der Waals surface area contributed by atoms with Crippen molar-refractivity contribution in [3.8, 4) is 11.5 Å². The molecule has 0 unspecified atom stereocenters. The second kappa shape index (κ2) is 6.56. The molecule has 1 aromatic heterocycles. The third-order valence-corrected chi connectivity index (χ3v) is 3.24. The van der Waals surface area contributed by atoms with Gasteiger partial charge < -0.3 is 14.8 Å². The molecule has 20 heavy (non-hydrogen) atoms. The summed E-state index contributed by atoms with van der Waals surface area (Å²) in [4.78, 5) is 4.22. The van der Waals surface area contributed by atoms with Gasteiger partial charge in [0, 0.05) is 16.7 Å². The summed E-state index contributed by atoms with van der Waals surface area (Å²) in [6, 6.07) is 6.54. The molecule has 0 radical (unpaired) electrons. The van der Waals surface area contributed by atoms with Crippen LogP contribution in [-0.4, -0.2) is 19.2 Å². The van der Waals surface area contributed by atoms with E-state index in [4.69, 9.17) is 9.47 Å². The summed E-state index contributed by atoms with van der Waals surface area (Å²) < 4.78 is 24.9. The van der Waals surface area contributed by atoms with Crippen molar-refractivity contribution in [3.05, 3.63) is 46.4 Å². The van der Waals surface area contributed by atoms with Gasteiger partial charge in [-0.3, -0.25) is 4.98 Å². The Morgan fingerprint density at radius 3 is 2.70 bits per heavy atom. The first-order chi connectivity index (χ1) is 9.65. The molecule has 0 aliphatic heterocycles. The standard InChI is InChI=1S/C14H14BrFN2O2/c1-19-13-5-6-17-12(14(13)20-2)8-18-11-4-3-9(15)7-10(11)16/h3-7,18H,8H2,1-2H3. The minimum atomic E-state index is -0.332. The first-order valence-corrected chi connectivity index (χ1v) is 6.69. The summed E-state index contributed by atoms with van der Waals surface area (Å²) in [5.41, 5.74) is 1.05. The van der Waals surface area contributed by atoms with Gasteiger partial charge in [0.2, 0.25) is 0 Å². The van der Waals surface area contributed by atoms with E-state index in [0.717, 1.165) is 0 Å². The summed E-state index contributed by atoms with van der Waals surface area (Å²) >= 11 is 3.22. The van der Waals surface area contributed by atoms with Crippen LogP contribution in [0.2, 0.25) is 0 Å². The van der Waals surface area contributed by atoms with Gasteiger partial charge in [0.05, 0.1) is 26.5 Å². The van der Waals surface area contributed by atoms with E-state index in [-0.39, 0.29) is 5.82 Å². The fourth-order valence-corrected chi connectivity index (χ4v) is 2.12. The number of anilines is 1. The van der Waals surface area contributed by atoms with Gasteiger partial charge in [0.15, 0.2) is 11.5 Å². The van der Waals surface area contributed by atoms with Crippen molar-refractivity contribution in [1.82, 2.24) is 4.98 Å². The minimum Gasteiger partial charge on any atom is -0.493 e. The van der Waals surface area contributed by atoms with Crippen LogP contribution in [-0.2, 0) is 6.54 Å². The van der Waals surface area contributed by atoms with E-state index >= 15 is 0 Å². The van der Waals surface area contributed by atoms with Crippen molar-refractivity contribution >= 4 is 21.6 Å². The van der Waals surface area contributed by atoms with Gasteiger partial charge in [-0.1, -0.05) is 15.9 Å². The highest BCUT2D eigenvalue weighted by atomic mass is 79.9. The van der Waals surface area contributed by atoms with Crippen molar-refractivity contribution in [2.45, 2.75) is 6.54 Å². The van der Waals surface area contributed by atoms with Gasteiger partial charge in [-0.15, -0.1) is 0 Å². The molecule has 2 rings (SSSR count). The summed E-state index contributed by atoms with van der Waals surface area (Å²) in [7, 11) is 3.10. The van der Waals surface area contributed by atoms with Crippen LogP contribution in [0.4, 0.5) is 10.1 Å². The Kier molecular flexibility index (Phi) is 4.79. The summed E-state index contributed by atoms with van der Waals surface area (Å²) in [6.07, 6.45) is 1.62. The number of nitrogens with zero attached hydrogens (tertiary/aromatic N) is 1. The molecule has 0 aliphatic rings. The maximum atomic E-state index is 13.7. The lowest BCUT2D eigenvalue weighted by Gasteiger charge is -2.13. The molecule has 0 atom stereocenters. The Morgan fingerprint density at radius 1 is 1.25 bits per heavy atom. The second-order valence-electron chi connectivity index (χ2n) is 3.97. The number of hydrogen-bond acceptors (Lipinski definition) is 4. The fourth-order valence-electron chi connectivity index (χ4n) is 1.79. The second-order valence-corrected chi connectivity index (χ2v) is 4.89. The first-order valence-electron chi connectivity index (χ1n) is 5.90. The van der Waals surface area contributed by atoms with Crippen LogP contribution in [0.25, 0.3) is 0 Å². The summed E-state index contributed by atoms with van der Waals surface area (Å²) in [6.45, 7) is 0.332. The molecule has 4 nitrogen and oxygen atoms in total. The highest BCUT2D eigenvalue weighted by Gasteiger charge is 2.11. The van der Waals surface area contributed by atoms with Gasteiger partial charge in [0.25, 0.3) is 0 Å². The molecule has 0 aliphatic carbocycles. The number of nitrogens with one attached hydrogen (secondary N) is 1. The molecule has 0 bridgehead atoms. The highest BCUT2D eigenvalue weighted by Crippen LogP contribution is 2.29. The Labute approximate surface area is 125 Å². The maximum Gasteiger partial charge on any atom is 0.184 e. The molecule has 0 saturated carbocycles. The van der Waals surface area contributed by atoms with E-state index in [1.165, 1.54) is 6.07 Å². The van der Waals surface area contributed by atoms with Gasteiger partial charge in [-0.2, -0.15) is 0 Å². The number of halogens is 2. The summed E-state index contributed by atoms with van der Waals surface area (Å²) in [5, 5.41) is 2.99. The average molecular weight is 341 g/mol. The lowest BCUT2D eigenvalue weighted by atomic mass is 10.2. The van der Waals surface area contributed by atoms with Gasteiger partial charge >= 0.3 is 0 Å². The number of pyridine rings is 1. The van der Waals surface area contributed by atoms with Crippen molar-refractivity contribution in [3.63, 3.8) is 0 Å². The van der Waals surface area contributed by atoms with Crippen LogP contribution >= 0.6 is 15.9 Å². The van der Waals surface area contributed by atoms with E-state index in [9.17, 15) is 4.39 Å². The summed E-state index contributed by atoms with van der Waals surface area (Å²) in [5.74, 6) is 0.803. The monoisotopic (exact) mass is 340 g/mol. The molecule has 0 fully saturated rings. The van der Waals surface area contributed by atoms with E-state index in [0.29, 0.717) is 33.9 Å². The number of hydrogen-bond donors (Lipinski definition) is 1. The number of benzene rings is 1. The average Bonchev–Trinajstić information content (AvgIpc) is 2.45. The van der Waals surface area contributed by atoms with Crippen LogP contribution in [0.5, 0.6) is 11.5 Å². The Hall–Kier alpha value is -1.82. The van der Waals surface area contributed by atoms with Crippen LogP contribution in [0.3, 0.4) is 0 Å². The predicted molar refractivity (Wildman–Crippen MR) is 78.8 cm³/mol. The topological polar surface area (TPSA) is 43.4 Å². The van der Waals surface area contributed by atoms with Gasteiger partial charge in [0.1, 0.15) is 11.5 Å². The van der Waals surface area contributed by atoms with E-state index in [1.54, 1.807) is 38.6 Å². The van der Waals surface area contributed by atoms with Crippen LogP contribution in [0.15, 0.2) is 34.9 Å². The van der Waals surface area contributed by atoms with Crippen molar-refractivity contribution < 1.29 is 13.9 Å². The largest absolute Gasteiger partial charge is 0.493 e. The Balaban J connectivity index is 2.18. The number of rotatable bonds is 5. The van der Waals surface area contributed by atoms with Crippen molar-refractivity contribution in [2.75, 3.05) is 19.5 Å². The van der Waals surface area contributed by atoms with Crippen LogP contribution in [0.1, 0.15) is 5.69 Å². The third-order valence-electron chi connectivity index (χ3n) is 2.74. The molecule has 1 aromatic carbocycles. The Bertz CT molecular complexity index is 608. The van der Waals surface area contributed by atoms with Crippen LogP contribution < -0.4 is 14.8 Å². The number of methoxy groups -OCH3 is 2. The van der Waals surface area contributed by atoms with Gasteiger partial charge in [-0.05, 0) is 18.2 Å². The SMILES string of the molecule is COc1ccnc(CNc2ccc(Br)cc2F)c1OC. The fraction of sp³-hybridized carbons (Fsp3) is 0.214. The molecule has 1 N–H and O–H groups in total. The minimum absolute atomic E-state index is 0.332. The quantitative estimate of drug-likeness (QED) is 0.902. The molecule has 106 valence electrons. The zero-order chi connectivity index (χ0) is 14.5. The molecule has 0 amide bonds. The molecule has 6 heteroatoms. The molecule has 1 heterocycles. The van der Waals surface area contributed by atoms with E-state index in [1.807, 2.05) is 0 Å². The molecular formula is C14H14BrFN2O2. The van der Waals surface area contributed by atoms with E-state index < -0.39 is 0 Å². The third kappa shape index (κ3) is 3.19. The first kappa shape index (κ1) is 14.6. The van der Waals surface area contributed by atoms with E-state index in [2.05, 4.69) is 26.2 Å². The lowest BCUT2D eigenvalue weighted by Crippen LogP contribution is -2.06. The predicted octanol–water partition coefficient (Wildman–Crippen LogP) is 3.61. The highest BCUT2D eigenvalue weighted by molar-refractivity contribution is 9.10. The zero-order valence-corrected chi connectivity index (χ0v) is 12.7. The smallest absolute Gasteiger partial charge is 0.184 e. The number of ether oxygens (including phenoxy) is 2. The van der Waals surface area contributed by atoms with Crippen molar-refractivity contribution in [2.24, 2.45) is 0 Å². The van der Waals surface area contributed by atoms with Crippen LogP contribution in [0, 0.1) is 5.82 Å². The maximum absolute atomic E-state index is 13.7. The zero-order valence-electron chi connectivity index (χ0n) is 11.1. The molecule has 0 spiro atoms. The van der Waals surface area contributed by atoms with Gasteiger partial charge in [-0.25, -0.2) is 4.39 Å². The number of aromatic nitrogens is 1. The molecular weight excluding hydrogens is 327 g/mol.